The number of amides is 1. The fourth-order valence-corrected chi connectivity index (χ4v) is 3.33. The van der Waals surface area contributed by atoms with Gasteiger partial charge in [0.15, 0.2) is 11.5 Å². The summed E-state index contributed by atoms with van der Waals surface area (Å²) in [6.07, 6.45) is 0. The molecule has 1 amide bonds. The zero-order valence-electron chi connectivity index (χ0n) is 13.6. The average Bonchev–Trinajstić information content (AvgIpc) is 3.11. The summed E-state index contributed by atoms with van der Waals surface area (Å²) in [7, 11) is 3.15. The van der Waals surface area contributed by atoms with E-state index in [4.69, 9.17) is 21.1 Å². The number of benzene rings is 2. The number of ether oxygens (including phenoxy) is 2. The third-order valence-corrected chi connectivity index (χ3v) is 4.56. The van der Waals surface area contributed by atoms with Crippen molar-refractivity contribution in [2.24, 2.45) is 0 Å². The van der Waals surface area contributed by atoms with E-state index >= 15 is 0 Å². The summed E-state index contributed by atoms with van der Waals surface area (Å²) >= 11 is 7.29. The highest BCUT2D eigenvalue weighted by Gasteiger charge is 2.17. The van der Waals surface area contributed by atoms with E-state index in [1.807, 2.05) is 18.2 Å². The van der Waals surface area contributed by atoms with Crippen LogP contribution in [0.3, 0.4) is 0 Å². The Morgan fingerprint density at radius 2 is 1.96 bits per heavy atom. The van der Waals surface area contributed by atoms with Crippen molar-refractivity contribution in [3.8, 4) is 22.1 Å². The van der Waals surface area contributed by atoms with Crippen LogP contribution in [0, 0.1) is 0 Å². The molecule has 0 aliphatic carbocycles. The number of methoxy groups -OCH3 is 2. The van der Waals surface area contributed by atoms with Gasteiger partial charge in [0.05, 0.1) is 19.8 Å². The number of rotatable bonds is 5. The average molecular weight is 375 g/mol. The van der Waals surface area contributed by atoms with E-state index in [9.17, 15) is 4.79 Å². The largest absolute Gasteiger partial charge is 0.493 e. The maximum absolute atomic E-state index is 12.4. The highest BCUT2D eigenvalue weighted by Crippen LogP contribution is 2.39. The van der Waals surface area contributed by atoms with Crippen LogP contribution in [0.4, 0.5) is 5.69 Å². The number of thiazole rings is 1. The van der Waals surface area contributed by atoms with Crippen molar-refractivity contribution < 1.29 is 14.3 Å². The Hall–Kier alpha value is -2.57. The van der Waals surface area contributed by atoms with Crippen molar-refractivity contribution in [1.29, 1.82) is 0 Å². The van der Waals surface area contributed by atoms with Crippen molar-refractivity contribution in [3.63, 3.8) is 0 Å². The summed E-state index contributed by atoms with van der Waals surface area (Å²) in [5, 5.41) is 5.71. The predicted molar refractivity (Wildman–Crippen MR) is 100 cm³/mol. The van der Waals surface area contributed by atoms with Gasteiger partial charge in [-0.1, -0.05) is 23.7 Å². The lowest BCUT2D eigenvalue weighted by atomic mass is 10.2. The van der Waals surface area contributed by atoms with Gasteiger partial charge < -0.3 is 14.8 Å². The summed E-state index contributed by atoms with van der Waals surface area (Å²) in [4.78, 5) is 16.8. The zero-order valence-corrected chi connectivity index (χ0v) is 15.1. The van der Waals surface area contributed by atoms with Gasteiger partial charge >= 0.3 is 0 Å². The SMILES string of the molecule is COc1cccc(-c2nc(C(=O)Nc3cccc(Cl)c3)cs2)c1OC. The van der Waals surface area contributed by atoms with Crippen LogP contribution in [0.2, 0.25) is 5.02 Å². The van der Waals surface area contributed by atoms with Gasteiger partial charge in [-0.3, -0.25) is 4.79 Å². The Balaban J connectivity index is 1.86. The summed E-state index contributed by atoms with van der Waals surface area (Å²) in [5.74, 6) is 0.896. The molecule has 0 radical (unpaired) electrons. The quantitative estimate of drug-likeness (QED) is 0.701. The van der Waals surface area contributed by atoms with E-state index in [1.54, 1.807) is 43.9 Å². The molecular weight excluding hydrogens is 360 g/mol. The molecule has 0 fully saturated rings. The molecule has 0 unspecified atom stereocenters. The number of anilines is 1. The molecule has 128 valence electrons. The third-order valence-electron chi connectivity index (χ3n) is 3.45. The lowest BCUT2D eigenvalue weighted by Crippen LogP contribution is -2.12. The number of hydrogen-bond acceptors (Lipinski definition) is 5. The first-order valence-electron chi connectivity index (χ1n) is 7.36. The van der Waals surface area contributed by atoms with E-state index in [1.165, 1.54) is 11.3 Å². The fourth-order valence-electron chi connectivity index (χ4n) is 2.32. The lowest BCUT2D eigenvalue weighted by molar-refractivity contribution is 0.102. The molecule has 0 atom stereocenters. The number of nitrogens with one attached hydrogen (secondary N) is 1. The van der Waals surface area contributed by atoms with Crippen molar-refractivity contribution in [2.45, 2.75) is 0 Å². The molecule has 0 bridgehead atoms. The van der Waals surface area contributed by atoms with Crippen LogP contribution >= 0.6 is 22.9 Å². The van der Waals surface area contributed by atoms with Gasteiger partial charge in [0.25, 0.3) is 5.91 Å². The van der Waals surface area contributed by atoms with Crippen LogP contribution in [0.5, 0.6) is 11.5 Å². The van der Waals surface area contributed by atoms with Crippen LogP contribution < -0.4 is 14.8 Å². The second kappa shape index (κ2) is 7.55. The fraction of sp³-hybridized carbons (Fsp3) is 0.111. The standard InChI is InChI=1S/C18H15ClN2O3S/c1-23-15-8-4-7-13(16(15)24-2)18-21-14(10-25-18)17(22)20-12-6-3-5-11(19)9-12/h3-10H,1-2H3,(H,20,22). The molecule has 2 aromatic carbocycles. The van der Waals surface area contributed by atoms with Gasteiger partial charge in [0.1, 0.15) is 10.7 Å². The lowest BCUT2D eigenvalue weighted by Gasteiger charge is -2.10. The number of nitrogens with zero attached hydrogens (tertiary/aromatic N) is 1. The van der Waals surface area contributed by atoms with Gasteiger partial charge in [-0.2, -0.15) is 0 Å². The molecule has 0 aliphatic heterocycles. The molecule has 5 nitrogen and oxygen atoms in total. The van der Waals surface area contributed by atoms with Gasteiger partial charge in [0, 0.05) is 16.1 Å². The highest BCUT2D eigenvalue weighted by molar-refractivity contribution is 7.13. The molecular formula is C18H15ClN2O3S. The first kappa shape index (κ1) is 17.3. The normalized spacial score (nSPS) is 10.4. The Labute approximate surface area is 154 Å². The predicted octanol–water partition coefficient (Wildman–Crippen LogP) is 4.73. The van der Waals surface area contributed by atoms with Crippen molar-refractivity contribution in [3.05, 3.63) is 58.6 Å². The molecule has 25 heavy (non-hydrogen) atoms. The van der Waals surface area contributed by atoms with Crippen LogP contribution in [0.25, 0.3) is 10.6 Å². The summed E-state index contributed by atoms with van der Waals surface area (Å²) in [5.41, 5.74) is 1.71. The minimum Gasteiger partial charge on any atom is -0.493 e. The topological polar surface area (TPSA) is 60.5 Å². The molecule has 0 spiro atoms. The molecule has 0 saturated carbocycles. The summed E-state index contributed by atoms with van der Waals surface area (Å²) in [6, 6.07) is 12.5. The van der Waals surface area contributed by atoms with Gasteiger partial charge in [0.2, 0.25) is 0 Å². The van der Waals surface area contributed by atoms with Crippen molar-refractivity contribution in [2.75, 3.05) is 19.5 Å². The van der Waals surface area contributed by atoms with Crippen LogP contribution in [0.15, 0.2) is 47.8 Å². The molecule has 1 N–H and O–H groups in total. The Bertz CT molecular complexity index is 911. The first-order chi connectivity index (χ1) is 12.1. The Morgan fingerprint density at radius 3 is 2.68 bits per heavy atom. The Morgan fingerprint density at radius 1 is 1.16 bits per heavy atom. The maximum atomic E-state index is 12.4. The maximum Gasteiger partial charge on any atom is 0.275 e. The molecule has 3 aromatic rings. The van der Waals surface area contributed by atoms with Crippen LogP contribution in [-0.2, 0) is 0 Å². The van der Waals surface area contributed by atoms with E-state index in [0.29, 0.717) is 32.9 Å². The number of halogens is 1. The number of aromatic nitrogens is 1. The first-order valence-corrected chi connectivity index (χ1v) is 8.62. The highest BCUT2D eigenvalue weighted by atomic mass is 35.5. The van der Waals surface area contributed by atoms with E-state index in [0.717, 1.165) is 5.56 Å². The summed E-state index contributed by atoms with van der Waals surface area (Å²) in [6.45, 7) is 0. The van der Waals surface area contributed by atoms with Crippen molar-refractivity contribution >= 4 is 34.5 Å². The second-order valence-electron chi connectivity index (χ2n) is 5.04. The molecule has 0 aliphatic rings. The van der Waals surface area contributed by atoms with Gasteiger partial charge in [-0.25, -0.2) is 4.98 Å². The monoisotopic (exact) mass is 374 g/mol. The minimum atomic E-state index is -0.299. The van der Waals surface area contributed by atoms with Crippen molar-refractivity contribution in [1.82, 2.24) is 4.98 Å². The van der Waals surface area contributed by atoms with Crippen LogP contribution in [0.1, 0.15) is 10.5 Å². The minimum absolute atomic E-state index is 0.299. The smallest absolute Gasteiger partial charge is 0.275 e. The zero-order chi connectivity index (χ0) is 17.8. The number of carbonyl (C=O) groups excluding carboxylic acids is 1. The summed E-state index contributed by atoms with van der Waals surface area (Å²) < 4.78 is 10.7. The van der Waals surface area contributed by atoms with Crippen LogP contribution in [-0.4, -0.2) is 25.1 Å². The second-order valence-corrected chi connectivity index (χ2v) is 6.34. The molecule has 7 heteroatoms. The molecule has 0 saturated heterocycles. The van der Waals surface area contributed by atoms with E-state index in [2.05, 4.69) is 10.3 Å². The number of hydrogen-bond donors (Lipinski definition) is 1. The molecule has 1 aromatic heterocycles. The number of para-hydroxylation sites is 1. The van der Waals surface area contributed by atoms with Gasteiger partial charge in [-0.05, 0) is 30.3 Å². The Kier molecular flexibility index (Phi) is 5.21. The molecule has 3 rings (SSSR count). The number of carbonyl (C=O) groups is 1. The van der Waals surface area contributed by atoms with Gasteiger partial charge in [-0.15, -0.1) is 11.3 Å². The van der Waals surface area contributed by atoms with E-state index in [-0.39, 0.29) is 5.91 Å². The van der Waals surface area contributed by atoms with E-state index < -0.39 is 0 Å². The third kappa shape index (κ3) is 3.75. The molecule has 1 heterocycles.